The van der Waals surface area contributed by atoms with Crippen LogP contribution in [0.25, 0.3) is 0 Å². The Morgan fingerprint density at radius 2 is 2.20 bits per heavy atom. The maximum Gasteiger partial charge on any atom is 0.191 e. The van der Waals surface area contributed by atoms with Crippen LogP contribution in [0.1, 0.15) is 41.8 Å². The van der Waals surface area contributed by atoms with Crippen LogP contribution in [0.2, 0.25) is 0 Å². The van der Waals surface area contributed by atoms with Crippen LogP contribution in [0.3, 0.4) is 0 Å². The van der Waals surface area contributed by atoms with E-state index in [-0.39, 0.29) is 30.5 Å². The normalized spacial score (nSPS) is 19.6. The highest BCUT2D eigenvalue weighted by molar-refractivity contribution is 14.0. The van der Waals surface area contributed by atoms with Crippen molar-refractivity contribution in [1.29, 1.82) is 5.26 Å². The highest BCUT2D eigenvalue weighted by Crippen LogP contribution is 2.36. The summed E-state index contributed by atoms with van der Waals surface area (Å²) in [7, 11) is 2.20. The summed E-state index contributed by atoms with van der Waals surface area (Å²) in [5.41, 5.74) is 0.802. The van der Waals surface area contributed by atoms with E-state index in [0.717, 1.165) is 19.6 Å². The van der Waals surface area contributed by atoms with E-state index in [1.54, 1.807) is 12.1 Å². The minimum atomic E-state index is -0.393. The molecule has 1 aliphatic heterocycles. The predicted octanol–water partition coefficient (Wildman–Crippen LogP) is 4.52. The van der Waals surface area contributed by atoms with Crippen molar-refractivity contribution in [3.63, 3.8) is 0 Å². The van der Waals surface area contributed by atoms with Gasteiger partial charge in [-0.15, -0.1) is 35.3 Å². The lowest BCUT2D eigenvalue weighted by Crippen LogP contribution is -2.44. The number of benzene rings is 1. The number of hydrogen-bond acceptors (Lipinski definition) is 4. The molecule has 1 saturated heterocycles. The third-order valence-corrected chi connectivity index (χ3v) is 6.25. The van der Waals surface area contributed by atoms with Gasteiger partial charge in [0.2, 0.25) is 0 Å². The van der Waals surface area contributed by atoms with Gasteiger partial charge in [-0.05, 0) is 62.9 Å². The number of nitrogens with one attached hydrogen (secondary N) is 2. The van der Waals surface area contributed by atoms with Gasteiger partial charge < -0.3 is 10.6 Å². The van der Waals surface area contributed by atoms with Crippen molar-refractivity contribution in [2.45, 2.75) is 32.4 Å². The van der Waals surface area contributed by atoms with Gasteiger partial charge in [-0.25, -0.2) is 9.38 Å². The van der Waals surface area contributed by atoms with Crippen LogP contribution in [-0.2, 0) is 6.54 Å². The number of hydrogen-bond donors (Lipinski definition) is 2. The molecule has 2 aromatic rings. The first-order valence-corrected chi connectivity index (χ1v) is 10.9. The summed E-state index contributed by atoms with van der Waals surface area (Å²) in [6.45, 7) is 4.91. The van der Waals surface area contributed by atoms with Crippen LogP contribution in [-0.4, -0.2) is 37.5 Å². The van der Waals surface area contributed by atoms with Crippen molar-refractivity contribution >= 4 is 41.3 Å². The number of likely N-dealkylation sites (tertiary alicyclic amines) is 1. The van der Waals surface area contributed by atoms with E-state index in [1.807, 2.05) is 24.3 Å². The van der Waals surface area contributed by atoms with Crippen molar-refractivity contribution in [3.8, 4) is 6.07 Å². The topological polar surface area (TPSA) is 63.5 Å². The Labute approximate surface area is 199 Å². The summed E-state index contributed by atoms with van der Waals surface area (Å²) in [5.74, 6) is 0.785. The first kappa shape index (κ1) is 24.6. The fourth-order valence-corrected chi connectivity index (χ4v) is 4.84. The second-order valence-corrected chi connectivity index (χ2v) is 8.32. The number of halogens is 2. The van der Waals surface area contributed by atoms with E-state index in [2.05, 4.69) is 45.1 Å². The van der Waals surface area contributed by atoms with Gasteiger partial charge in [-0.2, -0.15) is 5.26 Å². The van der Waals surface area contributed by atoms with Crippen molar-refractivity contribution in [3.05, 3.63) is 57.5 Å². The Morgan fingerprint density at radius 1 is 1.37 bits per heavy atom. The van der Waals surface area contributed by atoms with Crippen LogP contribution in [0.15, 0.2) is 40.7 Å². The van der Waals surface area contributed by atoms with E-state index in [4.69, 9.17) is 5.26 Å². The first-order chi connectivity index (χ1) is 14.1. The fraction of sp³-hybridized carbons (Fsp3) is 0.455. The highest BCUT2D eigenvalue weighted by Gasteiger charge is 2.31. The standard InChI is InChI=1S/C22H28FN5S.HI/c1-3-25-22(26-14-17-9-8-16(13-24)12-19(17)23)27-15-18-6-4-10-28(2)21(18)20-7-5-11-29-20;/h5,7-9,11-12,18,21H,3-4,6,10,14-15H2,1-2H3,(H2,25,26,27);1H. The average molecular weight is 541 g/mol. The molecule has 1 aromatic heterocycles. The predicted molar refractivity (Wildman–Crippen MR) is 132 cm³/mol. The number of piperidine rings is 1. The molecule has 0 spiro atoms. The SMILES string of the molecule is CCNC(=NCc1ccc(C#N)cc1F)NCC1CCCN(C)C1c1cccs1.I. The summed E-state index contributed by atoms with van der Waals surface area (Å²) in [6.07, 6.45) is 2.36. The fourth-order valence-electron chi connectivity index (χ4n) is 3.86. The van der Waals surface area contributed by atoms with Crippen LogP contribution in [0.4, 0.5) is 4.39 Å². The number of aliphatic imine (C=N–C) groups is 1. The molecule has 1 aromatic carbocycles. The molecular weight excluding hydrogens is 512 g/mol. The Balaban J connectivity index is 0.00000320. The molecule has 8 heteroatoms. The van der Waals surface area contributed by atoms with Gasteiger partial charge in [0.15, 0.2) is 5.96 Å². The quantitative estimate of drug-likeness (QED) is 0.321. The van der Waals surface area contributed by atoms with Gasteiger partial charge in [0.05, 0.1) is 18.2 Å². The van der Waals surface area contributed by atoms with E-state index in [1.165, 1.54) is 23.8 Å². The summed E-state index contributed by atoms with van der Waals surface area (Å²) in [6, 6.07) is 11.2. The molecular formula is C22H29FIN5S. The molecule has 2 atom stereocenters. The molecule has 5 nitrogen and oxygen atoms in total. The van der Waals surface area contributed by atoms with E-state index >= 15 is 0 Å². The van der Waals surface area contributed by atoms with Crippen molar-refractivity contribution in [2.75, 3.05) is 26.7 Å². The Hall–Kier alpha value is -1.70. The Bertz CT molecular complexity index is 865. The molecule has 1 fully saturated rings. The maximum atomic E-state index is 14.1. The molecule has 3 rings (SSSR count). The summed E-state index contributed by atoms with van der Waals surface area (Å²) in [4.78, 5) is 8.40. The largest absolute Gasteiger partial charge is 0.357 e. The third kappa shape index (κ3) is 6.40. The number of rotatable bonds is 6. The number of guanidine groups is 1. The number of nitriles is 1. The summed E-state index contributed by atoms with van der Waals surface area (Å²) in [5, 5.41) is 17.7. The smallest absolute Gasteiger partial charge is 0.191 e. The molecule has 2 N–H and O–H groups in total. The molecule has 30 heavy (non-hydrogen) atoms. The zero-order valence-corrected chi connectivity index (χ0v) is 20.5. The van der Waals surface area contributed by atoms with Crippen LogP contribution >= 0.6 is 35.3 Å². The lowest BCUT2D eigenvalue weighted by atomic mass is 9.88. The lowest BCUT2D eigenvalue weighted by Gasteiger charge is -2.39. The Morgan fingerprint density at radius 3 is 2.87 bits per heavy atom. The Kier molecular flexibility index (Phi) is 10.0. The van der Waals surface area contributed by atoms with E-state index < -0.39 is 5.82 Å². The lowest BCUT2D eigenvalue weighted by molar-refractivity contribution is 0.125. The van der Waals surface area contributed by atoms with Crippen molar-refractivity contribution < 1.29 is 4.39 Å². The van der Waals surface area contributed by atoms with Gasteiger partial charge in [0.25, 0.3) is 0 Å². The molecule has 2 heterocycles. The van der Waals surface area contributed by atoms with Gasteiger partial charge in [-0.3, -0.25) is 4.90 Å². The zero-order valence-electron chi connectivity index (χ0n) is 17.4. The van der Waals surface area contributed by atoms with Gasteiger partial charge in [0, 0.05) is 29.6 Å². The minimum absolute atomic E-state index is 0. The van der Waals surface area contributed by atoms with Gasteiger partial charge >= 0.3 is 0 Å². The monoisotopic (exact) mass is 541 g/mol. The molecule has 1 aliphatic rings. The van der Waals surface area contributed by atoms with Crippen LogP contribution in [0, 0.1) is 23.1 Å². The van der Waals surface area contributed by atoms with Gasteiger partial charge in [0.1, 0.15) is 5.82 Å². The molecule has 0 amide bonds. The second-order valence-electron chi connectivity index (χ2n) is 7.34. The minimum Gasteiger partial charge on any atom is -0.357 e. The van der Waals surface area contributed by atoms with Crippen LogP contribution in [0.5, 0.6) is 0 Å². The number of nitrogens with zero attached hydrogens (tertiary/aromatic N) is 3. The first-order valence-electron chi connectivity index (χ1n) is 10.1. The summed E-state index contributed by atoms with van der Waals surface area (Å²) >= 11 is 1.81. The van der Waals surface area contributed by atoms with E-state index in [9.17, 15) is 4.39 Å². The highest BCUT2D eigenvalue weighted by atomic mass is 127. The zero-order chi connectivity index (χ0) is 20.6. The van der Waals surface area contributed by atoms with E-state index in [0.29, 0.717) is 29.0 Å². The molecule has 0 aliphatic carbocycles. The van der Waals surface area contributed by atoms with Crippen LogP contribution < -0.4 is 10.6 Å². The van der Waals surface area contributed by atoms with Gasteiger partial charge in [-0.1, -0.05) is 12.1 Å². The second kappa shape index (κ2) is 12.2. The molecule has 2 unspecified atom stereocenters. The third-order valence-electron chi connectivity index (χ3n) is 5.31. The molecule has 0 bridgehead atoms. The summed E-state index contributed by atoms with van der Waals surface area (Å²) < 4.78 is 14.1. The maximum absolute atomic E-state index is 14.1. The number of thiophene rings is 1. The molecule has 0 radical (unpaired) electrons. The molecule has 162 valence electrons. The van der Waals surface area contributed by atoms with Crippen molar-refractivity contribution in [2.24, 2.45) is 10.9 Å². The van der Waals surface area contributed by atoms with Crippen molar-refractivity contribution in [1.82, 2.24) is 15.5 Å². The molecule has 0 saturated carbocycles. The average Bonchev–Trinajstić information content (AvgIpc) is 3.25.